The molecule has 2 aliphatic carbocycles. The van der Waals surface area contributed by atoms with Gasteiger partial charge in [0.25, 0.3) is 0 Å². The summed E-state index contributed by atoms with van der Waals surface area (Å²) >= 11 is 0. The monoisotopic (exact) mass is 265 g/mol. The van der Waals surface area contributed by atoms with Crippen molar-refractivity contribution in [3.63, 3.8) is 0 Å². The molecule has 0 radical (unpaired) electrons. The third kappa shape index (κ3) is 7.32. The van der Waals surface area contributed by atoms with E-state index in [1.165, 1.54) is 12.8 Å². The van der Waals surface area contributed by atoms with E-state index in [-0.39, 0.29) is 17.1 Å². The second-order valence-corrected chi connectivity index (χ2v) is 2.82. The smallest absolute Gasteiger partial charge is 0.106 e. The molecule has 3 nitrogen and oxygen atoms in total. The Hall–Kier alpha value is -0.991. The summed E-state index contributed by atoms with van der Waals surface area (Å²) in [5.74, 6) is 1.62. The summed E-state index contributed by atoms with van der Waals surface area (Å²) in [4.78, 5) is 24.0. The summed E-state index contributed by atoms with van der Waals surface area (Å²) in [6, 6.07) is 0. The van der Waals surface area contributed by atoms with E-state index in [1.807, 2.05) is 20.4 Å². The van der Waals surface area contributed by atoms with Crippen LogP contribution in [0.2, 0.25) is 0 Å². The van der Waals surface area contributed by atoms with Crippen molar-refractivity contribution in [1.29, 1.82) is 0 Å². The molecule has 0 spiro atoms. The zero-order valence-corrected chi connectivity index (χ0v) is 10.3. The molecule has 0 saturated heterocycles. The molecule has 0 aromatic heterocycles. The van der Waals surface area contributed by atoms with Crippen LogP contribution in [0.5, 0.6) is 0 Å². The Labute approximate surface area is 107 Å². The summed E-state index contributed by atoms with van der Waals surface area (Å²) in [6.07, 6.45) is 14.1. The Morgan fingerprint density at radius 3 is 1.94 bits per heavy atom. The zero-order chi connectivity index (χ0) is 12.1. The topological polar surface area (TPSA) is 51.2 Å². The van der Waals surface area contributed by atoms with E-state index in [2.05, 4.69) is 30.7 Å². The normalized spacial score (nSPS) is 22.8. The van der Waals surface area contributed by atoms with Crippen molar-refractivity contribution in [2.75, 3.05) is 0 Å². The van der Waals surface area contributed by atoms with Gasteiger partial charge in [0, 0.05) is 17.1 Å². The molecule has 0 N–H and O–H groups in total. The first-order chi connectivity index (χ1) is 7.47. The average molecular weight is 265 g/mol. The minimum absolute atomic E-state index is 0. The molecule has 4 heteroatoms. The molecule has 2 atom stereocenters. The third-order valence-electron chi connectivity index (χ3n) is 2.24. The van der Waals surface area contributed by atoms with Gasteiger partial charge in [-0.2, -0.15) is 6.42 Å². The summed E-state index contributed by atoms with van der Waals surface area (Å²) in [5.41, 5.74) is 0. The van der Waals surface area contributed by atoms with Gasteiger partial charge >= 0.3 is 0 Å². The Bertz CT molecular complexity index is 182. The van der Waals surface area contributed by atoms with Gasteiger partial charge in [-0.3, -0.25) is 0 Å². The molecule has 1 saturated carbocycles. The molecule has 0 aliphatic heterocycles. The fourth-order valence-corrected chi connectivity index (χ4v) is 1.69. The van der Waals surface area contributed by atoms with Crippen LogP contribution in [0, 0.1) is 18.3 Å². The number of rotatable bonds is 0. The van der Waals surface area contributed by atoms with Gasteiger partial charge in [-0.15, -0.1) is 12.0 Å². The number of fused-ring (bicyclic) bond motifs is 1. The molecule has 0 amide bonds. The van der Waals surface area contributed by atoms with Gasteiger partial charge in [-0.1, -0.05) is 24.6 Å². The first-order valence-corrected chi connectivity index (χ1v) is 4.52. The molecule has 92 valence electrons. The molecule has 0 bridgehead atoms. The van der Waals surface area contributed by atoms with E-state index in [9.17, 15) is 0 Å². The number of carbonyl (C=O) groups excluding carboxylic acids is 3. The summed E-state index contributed by atoms with van der Waals surface area (Å²) in [7, 11) is 0. The molecule has 0 heterocycles. The number of carbonyl (C=O) groups is 3. The molecule has 0 aromatic carbocycles. The standard InChI is InChI=1S/C9H11.3CH2O.Fe/c1-2-5-9-7-3-6-8(9)4-1;3*1-2;/h1-2,4-6,8-9H,3,7H2;3*1H2;/q-1;;;;. The van der Waals surface area contributed by atoms with E-state index in [0.29, 0.717) is 0 Å². The average Bonchev–Trinajstić information content (AvgIpc) is 2.85. The summed E-state index contributed by atoms with van der Waals surface area (Å²) in [5, 5.41) is 0. The van der Waals surface area contributed by atoms with Gasteiger partial charge in [0.05, 0.1) is 0 Å². The van der Waals surface area contributed by atoms with E-state index >= 15 is 0 Å². The van der Waals surface area contributed by atoms with Crippen molar-refractivity contribution >= 4 is 20.4 Å². The van der Waals surface area contributed by atoms with E-state index in [1.54, 1.807) is 0 Å². The van der Waals surface area contributed by atoms with Gasteiger partial charge in [0.15, 0.2) is 0 Å². The van der Waals surface area contributed by atoms with Crippen LogP contribution in [0.4, 0.5) is 0 Å². The molecule has 16 heavy (non-hydrogen) atoms. The van der Waals surface area contributed by atoms with Crippen LogP contribution in [0.25, 0.3) is 0 Å². The predicted octanol–water partition coefficient (Wildman–Crippen LogP) is 1.79. The van der Waals surface area contributed by atoms with Crippen molar-refractivity contribution in [3.8, 4) is 0 Å². The Morgan fingerprint density at radius 1 is 0.938 bits per heavy atom. The van der Waals surface area contributed by atoms with Crippen LogP contribution in [0.1, 0.15) is 12.8 Å². The van der Waals surface area contributed by atoms with E-state index in [4.69, 9.17) is 14.4 Å². The molecule has 2 aliphatic rings. The predicted molar refractivity (Wildman–Crippen MR) is 60.2 cm³/mol. The first kappa shape index (κ1) is 20.4. The van der Waals surface area contributed by atoms with Crippen LogP contribution >= 0.6 is 0 Å². The van der Waals surface area contributed by atoms with Crippen LogP contribution < -0.4 is 0 Å². The number of hydrogen-bond donors (Lipinski definition) is 0. The first-order valence-electron chi connectivity index (χ1n) is 4.52. The van der Waals surface area contributed by atoms with E-state index in [0.717, 1.165) is 11.8 Å². The van der Waals surface area contributed by atoms with Crippen LogP contribution in [-0.4, -0.2) is 20.4 Å². The van der Waals surface area contributed by atoms with Crippen molar-refractivity contribution < 1.29 is 31.5 Å². The van der Waals surface area contributed by atoms with Gasteiger partial charge in [-0.05, 0) is 5.92 Å². The van der Waals surface area contributed by atoms with Crippen LogP contribution in [-0.2, 0) is 31.5 Å². The summed E-state index contributed by atoms with van der Waals surface area (Å²) in [6.45, 7) is 6.00. The Balaban J connectivity index is -0.000000214. The quantitative estimate of drug-likeness (QED) is 0.495. The van der Waals surface area contributed by atoms with Crippen LogP contribution in [0.15, 0.2) is 24.3 Å². The second kappa shape index (κ2) is 16.4. The Morgan fingerprint density at radius 2 is 1.44 bits per heavy atom. The minimum atomic E-state index is 0. The van der Waals surface area contributed by atoms with E-state index < -0.39 is 0 Å². The van der Waals surface area contributed by atoms with Gasteiger partial charge in [-0.25, -0.2) is 0 Å². The minimum Gasteiger partial charge on any atom is -0.321 e. The van der Waals surface area contributed by atoms with Gasteiger partial charge < -0.3 is 20.8 Å². The van der Waals surface area contributed by atoms with Crippen molar-refractivity contribution in [1.82, 2.24) is 0 Å². The number of allylic oxidation sites excluding steroid dienone is 4. The van der Waals surface area contributed by atoms with Crippen molar-refractivity contribution in [2.45, 2.75) is 12.8 Å². The van der Waals surface area contributed by atoms with Gasteiger partial charge in [0.2, 0.25) is 0 Å². The van der Waals surface area contributed by atoms with Crippen molar-refractivity contribution in [3.05, 3.63) is 30.7 Å². The maximum Gasteiger partial charge on any atom is 0.106 e. The molecule has 2 rings (SSSR count). The maximum absolute atomic E-state index is 8.00. The second-order valence-electron chi connectivity index (χ2n) is 2.82. The number of hydrogen-bond acceptors (Lipinski definition) is 3. The fraction of sp³-hybridized carbons (Fsp3) is 0.333. The molecule has 0 aromatic rings. The third-order valence-corrected chi connectivity index (χ3v) is 2.24. The van der Waals surface area contributed by atoms with Crippen molar-refractivity contribution in [2.24, 2.45) is 11.8 Å². The largest absolute Gasteiger partial charge is 0.321 e. The zero-order valence-electron chi connectivity index (χ0n) is 9.16. The van der Waals surface area contributed by atoms with Crippen LogP contribution in [0.3, 0.4) is 0 Å². The maximum atomic E-state index is 8.00. The molecular weight excluding hydrogens is 248 g/mol. The SMILES string of the molecule is C1=CC2[CH-]CCC2C=C1.C=O.C=O.C=O.[Fe]. The molecule has 2 unspecified atom stereocenters. The molecule has 1 fully saturated rings. The summed E-state index contributed by atoms with van der Waals surface area (Å²) < 4.78 is 0. The molecular formula is C12H17FeO3-. The Kier molecular flexibility index (Phi) is 21.0. The fourth-order valence-electron chi connectivity index (χ4n) is 1.69. The van der Waals surface area contributed by atoms with Gasteiger partial charge in [0.1, 0.15) is 20.4 Å².